The zero-order valence-corrected chi connectivity index (χ0v) is 14.2. The number of benzene rings is 1. The monoisotopic (exact) mass is 330 g/mol. The molecule has 0 aliphatic carbocycles. The third-order valence-electron chi connectivity index (χ3n) is 4.85. The molecule has 0 spiro atoms. The minimum atomic E-state index is -0.175. The number of likely N-dealkylation sites (tertiary alicyclic amines) is 1. The highest BCUT2D eigenvalue weighted by Gasteiger charge is 2.25. The lowest BCUT2D eigenvalue weighted by Crippen LogP contribution is -2.39. The Morgan fingerprint density at radius 1 is 1.17 bits per heavy atom. The maximum absolute atomic E-state index is 12.7. The van der Waals surface area contributed by atoms with Crippen molar-refractivity contribution < 1.29 is 9.59 Å². The van der Waals surface area contributed by atoms with Crippen LogP contribution in [0.15, 0.2) is 23.0 Å². The zero-order valence-electron chi connectivity index (χ0n) is 14.2. The van der Waals surface area contributed by atoms with Crippen LogP contribution < -0.4 is 11.0 Å². The lowest BCUT2D eigenvalue weighted by molar-refractivity contribution is -0.130. The smallest absolute Gasteiger partial charge is 0.329 e. The number of amides is 2. The van der Waals surface area contributed by atoms with Gasteiger partial charge in [-0.2, -0.15) is 0 Å². The van der Waals surface area contributed by atoms with Crippen molar-refractivity contribution in [2.75, 3.05) is 20.1 Å². The number of hydrogen-bond donors (Lipinski definition) is 1. The molecule has 0 unspecified atom stereocenters. The summed E-state index contributed by atoms with van der Waals surface area (Å²) in [5, 5.41) is 2.61. The molecule has 1 N–H and O–H groups in total. The van der Waals surface area contributed by atoms with Crippen molar-refractivity contribution in [3.05, 3.63) is 34.2 Å². The van der Waals surface area contributed by atoms with E-state index in [1.54, 1.807) is 42.3 Å². The first kappa shape index (κ1) is 16.3. The third kappa shape index (κ3) is 2.60. The molecule has 2 aromatic rings. The van der Waals surface area contributed by atoms with Crippen LogP contribution >= 0.6 is 0 Å². The molecule has 1 saturated heterocycles. The normalized spacial score (nSPS) is 15.7. The minimum Gasteiger partial charge on any atom is -0.355 e. The van der Waals surface area contributed by atoms with Crippen molar-refractivity contribution in [2.24, 2.45) is 7.05 Å². The van der Waals surface area contributed by atoms with Gasteiger partial charge in [0, 0.05) is 45.7 Å². The fourth-order valence-corrected chi connectivity index (χ4v) is 3.45. The molecule has 7 nitrogen and oxygen atoms in total. The van der Waals surface area contributed by atoms with Crippen LogP contribution in [-0.2, 0) is 11.8 Å². The third-order valence-corrected chi connectivity index (χ3v) is 4.85. The van der Waals surface area contributed by atoms with Crippen LogP contribution in [0.4, 0.5) is 0 Å². The van der Waals surface area contributed by atoms with E-state index < -0.39 is 0 Å². The zero-order chi connectivity index (χ0) is 17.4. The largest absolute Gasteiger partial charge is 0.355 e. The van der Waals surface area contributed by atoms with Crippen LogP contribution in [0.2, 0.25) is 0 Å². The number of fused-ring (bicyclic) bond motifs is 1. The predicted octanol–water partition coefficient (Wildman–Crippen LogP) is 0.883. The average molecular weight is 330 g/mol. The molecule has 0 bridgehead atoms. The molecule has 2 heterocycles. The van der Waals surface area contributed by atoms with E-state index in [0.29, 0.717) is 18.7 Å². The number of rotatable bonds is 2. The number of carbonyl (C=O) groups excluding carboxylic acids is 2. The molecule has 0 saturated carbocycles. The van der Waals surface area contributed by atoms with Crippen LogP contribution in [-0.4, -0.2) is 46.0 Å². The summed E-state index contributed by atoms with van der Waals surface area (Å²) in [5.74, 6) is -0.105. The second kappa shape index (κ2) is 6.14. The summed E-state index contributed by atoms with van der Waals surface area (Å²) in [6.07, 6.45) is 1.48. The van der Waals surface area contributed by atoms with Crippen molar-refractivity contribution >= 4 is 22.8 Å². The minimum absolute atomic E-state index is 0.0386. The van der Waals surface area contributed by atoms with Crippen LogP contribution in [0.1, 0.15) is 36.2 Å². The van der Waals surface area contributed by atoms with E-state index in [1.807, 2.05) is 11.0 Å². The summed E-state index contributed by atoms with van der Waals surface area (Å²) >= 11 is 0. The molecule has 24 heavy (non-hydrogen) atoms. The molecule has 2 amide bonds. The SMILES string of the molecule is CNC(=O)c1ccc2c(c1)n(C1CCN(C(C)=O)CC1)c(=O)n2C. The summed E-state index contributed by atoms with van der Waals surface area (Å²) < 4.78 is 3.39. The van der Waals surface area contributed by atoms with Crippen LogP contribution in [0.5, 0.6) is 0 Å². The van der Waals surface area contributed by atoms with Gasteiger partial charge in [0.25, 0.3) is 5.91 Å². The van der Waals surface area contributed by atoms with Crippen molar-refractivity contribution in [1.29, 1.82) is 0 Å². The molecule has 1 aromatic carbocycles. The predicted molar refractivity (Wildman–Crippen MR) is 91.1 cm³/mol. The molecule has 1 aromatic heterocycles. The number of imidazole rings is 1. The number of aromatic nitrogens is 2. The Kier molecular flexibility index (Phi) is 4.17. The lowest BCUT2D eigenvalue weighted by Gasteiger charge is -2.31. The van der Waals surface area contributed by atoms with Crippen LogP contribution in [0.3, 0.4) is 0 Å². The maximum atomic E-state index is 12.7. The molecule has 0 radical (unpaired) electrons. The molecule has 1 aliphatic rings. The highest BCUT2D eigenvalue weighted by Crippen LogP contribution is 2.26. The number of aryl methyl sites for hydroxylation is 1. The molecular formula is C17H22N4O3. The first-order chi connectivity index (χ1) is 11.4. The highest BCUT2D eigenvalue weighted by atomic mass is 16.2. The number of nitrogens with one attached hydrogen (secondary N) is 1. The Labute approximate surface area is 139 Å². The van der Waals surface area contributed by atoms with E-state index in [0.717, 1.165) is 23.9 Å². The summed E-state index contributed by atoms with van der Waals surface area (Å²) in [6.45, 7) is 2.87. The highest BCUT2D eigenvalue weighted by molar-refractivity contribution is 5.97. The van der Waals surface area contributed by atoms with Gasteiger partial charge in [0.05, 0.1) is 11.0 Å². The Morgan fingerprint density at radius 3 is 2.42 bits per heavy atom. The second-order valence-electron chi connectivity index (χ2n) is 6.23. The van der Waals surface area contributed by atoms with Crippen molar-refractivity contribution in [3.8, 4) is 0 Å². The summed E-state index contributed by atoms with van der Waals surface area (Å²) in [6, 6.07) is 5.34. The first-order valence-electron chi connectivity index (χ1n) is 8.12. The van der Waals surface area contributed by atoms with Gasteiger partial charge in [0.2, 0.25) is 5.91 Å². The standard InChI is InChI=1S/C17H22N4O3/c1-11(22)20-8-6-13(7-9-20)21-15-10-12(16(23)18-2)4-5-14(15)19(3)17(21)24/h4-5,10,13H,6-9H2,1-3H3,(H,18,23). The van der Waals surface area contributed by atoms with Crippen LogP contribution in [0.25, 0.3) is 11.0 Å². The Hall–Kier alpha value is -2.57. The molecule has 128 valence electrons. The van der Waals surface area contributed by atoms with E-state index in [4.69, 9.17) is 0 Å². The van der Waals surface area contributed by atoms with Gasteiger partial charge in [-0.15, -0.1) is 0 Å². The second-order valence-corrected chi connectivity index (χ2v) is 6.23. The van der Waals surface area contributed by atoms with Crippen molar-refractivity contribution in [2.45, 2.75) is 25.8 Å². The Balaban J connectivity index is 2.04. The Bertz CT molecular complexity index is 857. The van der Waals surface area contributed by atoms with E-state index >= 15 is 0 Å². The van der Waals surface area contributed by atoms with E-state index in [2.05, 4.69) is 5.32 Å². The molecular weight excluding hydrogens is 308 g/mol. The molecule has 7 heteroatoms. The lowest BCUT2D eigenvalue weighted by atomic mass is 10.0. The Morgan fingerprint density at radius 2 is 1.83 bits per heavy atom. The summed E-state index contributed by atoms with van der Waals surface area (Å²) in [4.78, 5) is 37.9. The van der Waals surface area contributed by atoms with Gasteiger partial charge in [-0.3, -0.25) is 18.7 Å². The molecule has 1 fully saturated rings. The van der Waals surface area contributed by atoms with E-state index in [9.17, 15) is 14.4 Å². The number of hydrogen-bond acceptors (Lipinski definition) is 3. The fraction of sp³-hybridized carbons (Fsp3) is 0.471. The van der Waals surface area contributed by atoms with E-state index in [1.165, 1.54) is 0 Å². The van der Waals surface area contributed by atoms with Gasteiger partial charge in [-0.25, -0.2) is 4.79 Å². The van der Waals surface area contributed by atoms with Gasteiger partial charge in [-0.1, -0.05) is 0 Å². The maximum Gasteiger partial charge on any atom is 0.329 e. The average Bonchev–Trinajstić information content (AvgIpc) is 2.84. The number of carbonyl (C=O) groups is 2. The number of nitrogens with zero attached hydrogens (tertiary/aromatic N) is 3. The van der Waals surface area contributed by atoms with Gasteiger partial charge in [-0.05, 0) is 31.0 Å². The number of piperidine rings is 1. The van der Waals surface area contributed by atoms with Crippen molar-refractivity contribution in [1.82, 2.24) is 19.4 Å². The quantitative estimate of drug-likeness (QED) is 0.888. The van der Waals surface area contributed by atoms with Gasteiger partial charge in [0.15, 0.2) is 0 Å². The first-order valence-corrected chi connectivity index (χ1v) is 8.12. The van der Waals surface area contributed by atoms with Gasteiger partial charge < -0.3 is 10.2 Å². The molecule has 0 atom stereocenters. The fourth-order valence-electron chi connectivity index (χ4n) is 3.45. The topological polar surface area (TPSA) is 76.3 Å². The van der Waals surface area contributed by atoms with Crippen LogP contribution in [0, 0.1) is 0 Å². The summed E-state index contributed by atoms with van der Waals surface area (Å²) in [7, 11) is 3.33. The van der Waals surface area contributed by atoms with E-state index in [-0.39, 0.29) is 23.5 Å². The van der Waals surface area contributed by atoms with Gasteiger partial charge in [0.1, 0.15) is 0 Å². The molecule has 3 rings (SSSR count). The van der Waals surface area contributed by atoms with Crippen molar-refractivity contribution in [3.63, 3.8) is 0 Å². The summed E-state index contributed by atoms with van der Waals surface area (Å²) in [5.41, 5.74) is 2.03. The van der Waals surface area contributed by atoms with Gasteiger partial charge >= 0.3 is 5.69 Å². The molecule has 1 aliphatic heterocycles.